The maximum Gasteiger partial charge on any atom is 0.0162 e. The fourth-order valence-electron chi connectivity index (χ4n) is 8.39. The van der Waals surface area contributed by atoms with Crippen LogP contribution >= 0.6 is 0 Å². The zero-order valence-electron chi connectivity index (χ0n) is 28.1. The Morgan fingerprint density at radius 2 is 0.889 bits per heavy atom. The molecule has 0 N–H and O–H groups in total. The minimum absolute atomic E-state index is 0.0679. The van der Waals surface area contributed by atoms with Crippen LogP contribution in [-0.4, -0.2) is 0 Å². The molecule has 0 nitrogen and oxygen atoms in total. The highest BCUT2D eigenvalue weighted by molar-refractivity contribution is 5.96. The first-order valence-corrected chi connectivity index (χ1v) is 17.8. The summed E-state index contributed by atoms with van der Waals surface area (Å²) in [4.78, 5) is 0. The van der Waals surface area contributed by atoms with E-state index in [1.54, 1.807) is 0 Å². The van der Waals surface area contributed by atoms with E-state index in [1.807, 2.05) is 0 Å². The van der Waals surface area contributed by atoms with Gasteiger partial charge in [0.15, 0.2) is 0 Å². The summed E-state index contributed by atoms with van der Waals surface area (Å²) in [5, 5.41) is 0. The van der Waals surface area contributed by atoms with Crippen molar-refractivity contribution in [2.24, 2.45) is 5.41 Å². The van der Waals surface area contributed by atoms with Gasteiger partial charge in [0.05, 0.1) is 0 Å². The molecule has 0 heteroatoms. The molecule has 0 fully saturated rings. The van der Waals surface area contributed by atoms with E-state index in [9.17, 15) is 0 Å². The molecule has 45 heavy (non-hydrogen) atoms. The lowest BCUT2D eigenvalue weighted by molar-refractivity contribution is 0.304. The number of fused-ring (bicyclic) bond motifs is 2. The Morgan fingerprint density at radius 3 is 1.29 bits per heavy atom. The average Bonchev–Trinajstić information content (AvgIpc) is 3.67. The molecule has 0 saturated carbocycles. The molecule has 0 heterocycles. The summed E-state index contributed by atoms with van der Waals surface area (Å²) in [6.45, 7) is 9.72. The smallest absolute Gasteiger partial charge is 0.0162 e. The summed E-state index contributed by atoms with van der Waals surface area (Å²) >= 11 is 0. The Hall–Kier alpha value is -3.64. The topological polar surface area (TPSA) is 0 Å². The number of hydrogen-bond donors (Lipinski definition) is 0. The molecule has 2 aliphatic rings. The van der Waals surface area contributed by atoms with Gasteiger partial charge in [-0.15, -0.1) is 0 Å². The van der Waals surface area contributed by atoms with E-state index in [2.05, 4.69) is 137 Å². The molecule has 0 aromatic heterocycles. The van der Waals surface area contributed by atoms with Crippen LogP contribution in [0.3, 0.4) is 0 Å². The second-order valence-electron chi connectivity index (χ2n) is 14.1. The van der Waals surface area contributed by atoms with E-state index in [0.717, 1.165) is 12.8 Å². The molecule has 2 atom stereocenters. The van der Waals surface area contributed by atoms with Crippen molar-refractivity contribution in [3.8, 4) is 0 Å². The third-order valence-corrected chi connectivity index (χ3v) is 10.6. The van der Waals surface area contributed by atoms with Gasteiger partial charge in [-0.05, 0) is 98.9 Å². The lowest BCUT2D eigenvalue weighted by atomic mass is 9.61. The van der Waals surface area contributed by atoms with Gasteiger partial charge in [-0.3, -0.25) is 0 Å². The van der Waals surface area contributed by atoms with Crippen LogP contribution in [0.15, 0.2) is 97.1 Å². The van der Waals surface area contributed by atoms with Gasteiger partial charge in [-0.1, -0.05) is 163 Å². The summed E-state index contributed by atoms with van der Waals surface area (Å²) in [5.74, 6) is 0.587. The molecule has 0 radical (unpaired) electrons. The molecule has 4 aromatic carbocycles. The number of hydrogen-bond acceptors (Lipinski definition) is 0. The van der Waals surface area contributed by atoms with Crippen LogP contribution in [0.25, 0.3) is 23.3 Å². The predicted octanol–water partition coefficient (Wildman–Crippen LogP) is 12.9. The fourth-order valence-corrected chi connectivity index (χ4v) is 8.39. The third-order valence-electron chi connectivity index (χ3n) is 10.6. The molecule has 232 valence electrons. The molecule has 0 spiro atoms. The number of benzene rings is 4. The summed E-state index contributed by atoms with van der Waals surface area (Å²) in [6, 6.07) is 36.8. The average molecular weight is 593 g/mol. The van der Waals surface area contributed by atoms with Gasteiger partial charge in [0.25, 0.3) is 0 Å². The Kier molecular flexibility index (Phi) is 9.89. The maximum atomic E-state index is 2.57. The van der Waals surface area contributed by atoms with Crippen molar-refractivity contribution in [2.45, 2.75) is 104 Å². The highest BCUT2D eigenvalue weighted by atomic mass is 14.5. The first kappa shape index (κ1) is 31.3. The molecular weight excluding hydrogens is 540 g/mol. The number of allylic oxidation sites excluding steroid dienone is 2. The predicted molar refractivity (Wildman–Crippen MR) is 196 cm³/mol. The van der Waals surface area contributed by atoms with E-state index in [4.69, 9.17) is 0 Å². The van der Waals surface area contributed by atoms with E-state index in [1.165, 1.54) is 107 Å². The second kappa shape index (κ2) is 14.2. The normalized spacial score (nSPS) is 17.2. The van der Waals surface area contributed by atoms with Gasteiger partial charge in [0.2, 0.25) is 0 Å². The van der Waals surface area contributed by atoms with Crippen LogP contribution in [0, 0.1) is 5.41 Å². The van der Waals surface area contributed by atoms with Crippen LogP contribution in [0.1, 0.15) is 135 Å². The van der Waals surface area contributed by atoms with Crippen LogP contribution in [0.4, 0.5) is 0 Å². The molecule has 2 unspecified atom stereocenters. The van der Waals surface area contributed by atoms with Crippen molar-refractivity contribution >= 4 is 23.3 Å². The van der Waals surface area contributed by atoms with Crippen molar-refractivity contribution in [1.82, 2.24) is 0 Å². The van der Waals surface area contributed by atoms with E-state index in [0.29, 0.717) is 11.8 Å². The summed E-state index contributed by atoms with van der Waals surface area (Å²) < 4.78 is 0. The zero-order chi connectivity index (χ0) is 31.2. The second-order valence-corrected chi connectivity index (χ2v) is 14.1. The van der Waals surface area contributed by atoms with Crippen LogP contribution in [0.5, 0.6) is 0 Å². The SMILES string of the molecule is CCCCCCc1cccc2c1C=C(c1ccccc1)C2C(C)(C)C1C(c2ccccc2)=Cc2c(CCCCCC)cccc21. The van der Waals surface area contributed by atoms with Gasteiger partial charge in [-0.25, -0.2) is 0 Å². The molecular formula is C45H52. The Balaban J connectivity index is 1.46. The van der Waals surface area contributed by atoms with Gasteiger partial charge in [0, 0.05) is 11.8 Å². The van der Waals surface area contributed by atoms with Crippen LogP contribution in [-0.2, 0) is 12.8 Å². The lowest BCUT2D eigenvalue weighted by Gasteiger charge is -2.42. The van der Waals surface area contributed by atoms with Gasteiger partial charge < -0.3 is 0 Å². The van der Waals surface area contributed by atoms with Crippen molar-refractivity contribution in [2.75, 3.05) is 0 Å². The number of rotatable bonds is 14. The maximum absolute atomic E-state index is 2.57. The van der Waals surface area contributed by atoms with E-state index >= 15 is 0 Å². The molecule has 4 aromatic rings. The molecule has 2 aliphatic carbocycles. The first-order chi connectivity index (χ1) is 22.0. The quantitative estimate of drug-likeness (QED) is 0.128. The van der Waals surface area contributed by atoms with Crippen molar-refractivity contribution in [3.05, 3.63) is 142 Å². The third kappa shape index (κ3) is 6.40. The fraction of sp³-hybridized carbons (Fsp3) is 0.378. The van der Waals surface area contributed by atoms with Gasteiger partial charge in [0.1, 0.15) is 0 Å². The minimum Gasteiger partial charge on any atom is -0.0654 e. The van der Waals surface area contributed by atoms with E-state index < -0.39 is 0 Å². The van der Waals surface area contributed by atoms with Crippen LogP contribution < -0.4 is 0 Å². The molecule has 0 amide bonds. The molecule has 0 bridgehead atoms. The highest BCUT2D eigenvalue weighted by Gasteiger charge is 2.47. The van der Waals surface area contributed by atoms with Crippen LogP contribution in [0.2, 0.25) is 0 Å². The summed E-state index contributed by atoms with van der Waals surface area (Å²) in [7, 11) is 0. The first-order valence-electron chi connectivity index (χ1n) is 17.8. The monoisotopic (exact) mass is 592 g/mol. The molecule has 0 aliphatic heterocycles. The Morgan fingerprint density at radius 1 is 0.467 bits per heavy atom. The van der Waals surface area contributed by atoms with Gasteiger partial charge in [-0.2, -0.15) is 0 Å². The summed E-state index contributed by atoms with van der Waals surface area (Å²) in [5.41, 5.74) is 14.7. The van der Waals surface area contributed by atoms with Crippen molar-refractivity contribution in [1.29, 1.82) is 0 Å². The Labute approximate surface area is 273 Å². The minimum atomic E-state index is -0.0679. The Bertz CT molecular complexity index is 1510. The number of unbranched alkanes of at least 4 members (excludes halogenated alkanes) is 6. The van der Waals surface area contributed by atoms with E-state index in [-0.39, 0.29) is 5.41 Å². The zero-order valence-corrected chi connectivity index (χ0v) is 28.1. The highest BCUT2D eigenvalue weighted by Crippen LogP contribution is 2.62. The number of aryl methyl sites for hydroxylation is 2. The largest absolute Gasteiger partial charge is 0.0654 e. The lowest BCUT2D eigenvalue weighted by Crippen LogP contribution is -2.30. The molecule has 0 saturated heterocycles. The van der Waals surface area contributed by atoms with Gasteiger partial charge >= 0.3 is 0 Å². The summed E-state index contributed by atoms with van der Waals surface area (Å²) in [6.07, 6.45) is 17.8. The van der Waals surface area contributed by atoms with Crippen molar-refractivity contribution in [3.63, 3.8) is 0 Å². The standard InChI is InChI=1S/C45H52/c1-5-7-9-13-21-33-27-19-29-37-39(33)31-41(35-23-15-11-16-24-35)43(37)45(3,4)44-38-30-20-28-34(22-14-10-8-6-2)40(38)32-42(44)36-25-17-12-18-26-36/h11-12,15-20,23-32,43-44H,5-10,13-14,21-22H2,1-4H3. The molecule has 6 rings (SSSR count). The van der Waals surface area contributed by atoms with Crippen molar-refractivity contribution < 1.29 is 0 Å².